The average Bonchev–Trinajstić information content (AvgIpc) is 2.56. The van der Waals surface area contributed by atoms with Gasteiger partial charge in [-0.05, 0) is 44.9 Å². The molecule has 1 aromatic carbocycles. The molecule has 1 fully saturated rings. The lowest BCUT2D eigenvalue weighted by molar-refractivity contribution is 0.0601. The molecule has 1 aliphatic rings. The van der Waals surface area contributed by atoms with Crippen molar-refractivity contribution in [2.75, 3.05) is 12.4 Å². The Morgan fingerprint density at radius 3 is 2.62 bits per heavy atom. The van der Waals surface area contributed by atoms with Gasteiger partial charge in [0.1, 0.15) is 5.75 Å². The van der Waals surface area contributed by atoms with E-state index in [0.717, 1.165) is 12.8 Å². The zero-order chi connectivity index (χ0) is 17.5. The summed E-state index contributed by atoms with van der Waals surface area (Å²) in [4.78, 5) is 16.5. The lowest BCUT2D eigenvalue weighted by Gasteiger charge is -2.22. The maximum Gasteiger partial charge on any atom is 0.337 e. The van der Waals surface area contributed by atoms with Crippen LogP contribution >= 0.6 is 0 Å². The second kappa shape index (κ2) is 8.57. The Hall–Kier alpha value is -2.24. The van der Waals surface area contributed by atoms with E-state index in [2.05, 4.69) is 10.6 Å². The number of methoxy groups -OCH3 is 1. The highest BCUT2D eigenvalue weighted by atomic mass is 16.5. The fraction of sp³-hybridized carbons (Fsp3) is 0.556. The highest BCUT2D eigenvalue weighted by molar-refractivity contribution is 5.97. The van der Waals surface area contributed by atoms with E-state index in [-0.39, 0.29) is 11.8 Å². The summed E-state index contributed by atoms with van der Waals surface area (Å²) < 4.78 is 4.73. The molecule has 6 heteroatoms. The average molecular weight is 333 g/mol. The van der Waals surface area contributed by atoms with Crippen LogP contribution in [0, 0.1) is 0 Å². The van der Waals surface area contributed by atoms with Gasteiger partial charge in [0.25, 0.3) is 0 Å². The molecule has 0 saturated heterocycles. The first-order valence-electron chi connectivity index (χ1n) is 8.52. The van der Waals surface area contributed by atoms with E-state index in [1.54, 1.807) is 6.07 Å². The van der Waals surface area contributed by atoms with Crippen molar-refractivity contribution in [3.63, 3.8) is 0 Å². The van der Waals surface area contributed by atoms with Gasteiger partial charge in [0, 0.05) is 6.04 Å². The minimum atomic E-state index is -0.444. The molecule has 1 aromatic rings. The topological polar surface area (TPSA) is 83.0 Å². The Bertz CT molecular complexity index is 593. The lowest BCUT2D eigenvalue weighted by atomic mass is 9.96. The van der Waals surface area contributed by atoms with Crippen molar-refractivity contribution in [2.45, 2.75) is 58.0 Å². The van der Waals surface area contributed by atoms with Crippen LogP contribution in [0.4, 0.5) is 5.69 Å². The molecular weight excluding hydrogens is 306 g/mol. The van der Waals surface area contributed by atoms with Crippen molar-refractivity contribution in [1.82, 2.24) is 5.32 Å². The fourth-order valence-corrected chi connectivity index (χ4v) is 2.78. The third kappa shape index (κ3) is 5.15. The number of carbonyl (C=O) groups is 1. The SMILES string of the molecule is COC(=O)c1ccc(O)c(NC(=NC2CCCCC2)NC(C)C)c1. The zero-order valence-electron chi connectivity index (χ0n) is 14.6. The van der Waals surface area contributed by atoms with Crippen molar-refractivity contribution >= 4 is 17.6 Å². The second-order valence-corrected chi connectivity index (χ2v) is 6.42. The fourth-order valence-electron chi connectivity index (χ4n) is 2.78. The second-order valence-electron chi connectivity index (χ2n) is 6.42. The van der Waals surface area contributed by atoms with E-state index < -0.39 is 5.97 Å². The van der Waals surface area contributed by atoms with E-state index in [0.29, 0.717) is 23.3 Å². The van der Waals surface area contributed by atoms with Crippen LogP contribution in [0.1, 0.15) is 56.3 Å². The molecule has 3 N–H and O–H groups in total. The smallest absolute Gasteiger partial charge is 0.337 e. The quantitative estimate of drug-likeness (QED) is 0.341. The number of nitrogens with one attached hydrogen (secondary N) is 2. The first kappa shape index (κ1) is 18.1. The van der Waals surface area contributed by atoms with Gasteiger partial charge in [-0.1, -0.05) is 19.3 Å². The number of guanidine groups is 1. The van der Waals surface area contributed by atoms with Gasteiger partial charge in [-0.3, -0.25) is 0 Å². The van der Waals surface area contributed by atoms with Gasteiger partial charge in [-0.15, -0.1) is 0 Å². The van der Waals surface area contributed by atoms with Gasteiger partial charge >= 0.3 is 5.97 Å². The van der Waals surface area contributed by atoms with Crippen molar-refractivity contribution in [1.29, 1.82) is 0 Å². The molecule has 0 atom stereocenters. The first-order valence-corrected chi connectivity index (χ1v) is 8.52. The van der Waals surface area contributed by atoms with Gasteiger partial charge < -0.3 is 20.5 Å². The van der Waals surface area contributed by atoms with Crippen molar-refractivity contribution in [2.24, 2.45) is 4.99 Å². The number of esters is 1. The normalized spacial score (nSPS) is 16.1. The van der Waals surface area contributed by atoms with Gasteiger partial charge in [-0.25, -0.2) is 9.79 Å². The predicted molar refractivity (Wildman–Crippen MR) is 95.6 cm³/mol. The molecule has 1 aliphatic carbocycles. The number of benzene rings is 1. The third-order valence-electron chi connectivity index (χ3n) is 3.98. The number of aliphatic imine (C=N–C) groups is 1. The van der Waals surface area contributed by atoms with E-state index in [9.17, 15) is 9.90 Å². The monoisotopic (exact) mass is 333 g/mol. The summed E-state index contributed by atoms with van der Waals surface area (Å²) in [5.41, 5.74) is 0.806. The molecule has 0 amide bonds. The van der Waals surface area contributed by atoms with E-state index in [1.165, 1.54) is 38.5 Å². The van der Waals surface area contributed by atoms with Gasteiger partial charge in [-0.2, -0.15) is 0 Å². The molecule has 0 bridgehead atoms. The molecule has 0 radical (unpaired) electrons. The van der Waals surface area contributed by atoms with Crippen LogP contribution in [0.15, 0.2) is 23.2 Å². The summed E-state index contributed by atoms with van der Waals surface area (Å²) in [5.74, 6) is 0.236. The molecule has 1 saturated carbocycles. The summed E-state index contributed by atoms with van der Waals surface area (Å²) in [6, 6.07) is 5.06. The number of anilines is 1. The Kier molecular flexibility index (Phi) is 6.46. The molecule has 0 aromatic heterocycles. The molecule has 6 nitrogen and oxygen atoms in total. The van der Waals surface area contributed by atoms with Crippen molar-refractivity contribution in [3.8, 4) is 5.75 Å². The summed E-state index contributed by atoms with van der Waals surface area (Å²) in [5, 5.41) is 16.5. The van der Waals surface area contributed by atoms with Crippen LogP contribution in [0.5, 0.6) is 5.75 Å². The highest BCUT2D eigenvalue weighted by Crippen LogP contribution is 2.25. The number of rotatable bonds is 4. The maximum absolute atomic E-state index is 11.7. The Labute approximate surface area is 143 Å². The number of hydrogen-bond acceptors (Lipinski definition) is 4. The van der Waals surface area contributed by atoms with Gasteiger partial charge in [0.2, 0.25) is 0 Å². The van der Waals surface area contributed by atoms with Gasteiger partial charge in [0.15, 0.2) is 5.96 Å². The van der Waals surface area contributed by atoms with Gasteiger partial charge in [0.05, 0.1) is 24.4 Å². The number of carbonyl (C=O) groups excluding carboxylic acids is 1. The van der Waals surface area contributed by atoms with Crippen LogP contribution < -0.4 is 10.6 Å². The summed E-state index contributed by atoms with van der Waals surface area (Å²) in [7, 11) is 1.33. The number of aromatic hydroxyl groups is 1. The van der Waals surface area contributed by atoms with Crippen LogP contribution in [0.3, 0.4) is 0 Å². The van der Waals surface area contributed by atoms with E-state index >= 15 is 0 Å². The van der Waals surface area contributed by atoms with Crippen LogP contribution in [0.2, 0.25) is 0 Å². The number of nitrogens with zero attached hydrogens (tertiary/aromatic N) is 1. The van der Waals surface area contributed by atoms with Crippen molar-refractivity contribution < 1.29 is 14.6 Å². The predicted octanol–water partition coefficient (Wildman–Crippen LogP) is 3.28. The minimum Gasteiger partial charge on any atom is -0.506 e. The van der Waals surface area contributed by atoms with Crippen molar-refractivity contribution in [3.05, 3.63) is 23.8 Å². The number of hydrogen-bond donors (Lipinski definition) is 3. The zero-order valence-corrected chi connectivity index (χ0v) is 14.6. The molecule has 0 unspecified atom stereocenters. The van der Waals surface area contributed by atoms with E-state index in [1.807, 2.05) is 13.8 Å². The highest BCUT2D eigenvalue weighted by Gasteiger charge is 2.15. The maximum atomic E-state index is 11.7. The van der Waals surface area contributed by atoms with Crippen LogP contribution in [0.25, 0.3) is 0 Å². The molecule has 24 heavy (non-hydrogen) atoms. The van der Waals surface area contributed by atoms with Crippen LogP contribution in [-0.4, -0.2) is 36.2 Å². The Balaban J connectivity index is 2.21. The largest absolute Gasteiger partial charge is 0.506 e. The molecule has 0 aliphatic heterocycles. The Morgan fingerprint density at radius 2 is 2.00 bits per heavy atom. The lowest BCUT2D eigenvalue weighted by Crippen LogP contribution is -2.37. The third-order valence-corrected chi connectivity index (χ3v) is 3.98. The number of ether oxygens (including phenoxy) is 1. The summed E-state index contributed by atoms with van der Waals surface area (Å²) >= 11 is 0. The van der Waals surface area contributed by atoms with Crippen LogP contribution in [-0.2, 0) is 4.74 Å². The summed E-state index contributed by atoms with van der Waals surface area (Å²) in [6.07, 6.45) is 5.84. The number of phenolic OH excluding ortho intramolecular Hbond substituents is 1. The number of phenols is 1. The molecular formula is C18H27N3O3. The molecule has 2 rings (SSSR count). The summed E-state index contributed by atoms with van der Waals surface area (Å²) in [6.45, 7) is 4.06. The standard InChI is InChI=1S/C18H27N3O3/c1-12(2)19-18(20-14-7-5-4-6-8-14)21-15-11-13(17(23)24-3)9-10-16(15)22/h9-12,14,22H,4-8H2,1-3H3,(H2,19,20,21). The molecule has 132 valence electrons. The first-order chi connectivity index (χ1) is 11.5. The van der Waals surface area contributed by atoms with E-state index in [4.69, 9.17) is 9.73 Å². The molecule has 0 spiro atoms. The molecule has 0 heterocycles. The minimum absolute atomic E-state index is 0.0598. The Morgan fingerprint density at radius 1 is 1.29 bits per heavy atom.